The van der Waals surface area contributed by atoms with Crippen molar-refractivity contribution < 1.29 is 9.53 Å². The fraction of sp³-hybridized carbons (Fsp3) is 0.235. The van der Waals surface area contributed by atoms with Crippen LogP contribution in [0.25, 0.3) is 0 Å². The van der Waals surface area contributed by atoms with Gasteiger partial charge < -0.3 is 10.1 Å². The molecule has 3 rings (SSSR count). The number of ether oxygens (including phenoxy) is 1. The van der Waals surface area contributed by atoms with Gasteiger partial charge in [-0.25, -0.2) is 4.68 Å². The first-order chi connectivity index (χ1) is 12.6. The SMILES string of the molecule is CCn1nccc1CNC(=O)c1ccn(COc2cccc(Cl)c2Cl)n1. The van der Waals surface area contributed by atoms with Gasteiger partial charge >= 0.3 is 0 Å². The Kier molecular flexibility index (Phi) is 5.80. The Labute approximate surface area is 160 Å². The third-order valence-electron chi connectivity index (χ3n) is 3.68. The van der Waals surface area contributed by atoms with E-state index >= 15 is 0 Å². The molecule has 1 N–H and O–H groups in total. The summed E-state index contributed by atoms with van der Waals surface area (Å²) in [5, 5.41) is 11.9. The Morgan fingerprint density at radius 3 is 2.92 bits per heavy atom. The number of carbonyl (C=O) groups is 1. The molecule has 2 aromatic heterocycles. The average Bonchev–Trinajstić information content (AvgIpc) is 3.30. The minimum atomic E-state index is -0.270. The summed E-state index contributed by atoms with van der Waals surface area (Å²) in [6.45, 7) is 3.23. The van der Waals surface area contributed by atoms with Gasteiger partial charge in [0.05, 0.1) is 17.3 Å². The summed E-state index contributed by atoms with van der Waals surface area (Å²) in [6, 6.07) is 8.62. The van der Waals surface area contributed by atoms with Crippen LogP contribution in [-0.4, -0.2) is 25.5 Å². The molecular formula is C17H17Cl2N5O2. The molecule has 0 aliphatic carbocycles. The fourth-order valence-corrected chi connectivity index (χ4v) is 2.69. The topological polar surface area (TPSA) is 74.0 Å². The summed E-state index contributed by atoms with van der Waals surface area (Å²) in [6.07, 6.45) is 3.36. The molecule has 26 heavy (non-hydrogen) atoms. The third kappa shape index (κ3) is 4.17. The Bertz CT molecular complexity index is 906. The zero-order valence-electron chi connectivity index (χ0n) is 14.0. The van der Waals surface area contributed by atoms with E-state index in [-0.39, 0.29) is 12.6 Å². The molecular weight excluding hydrogens is 377 g/mol. The zero-order chi connectivity index (χ0) is 18.5. The third-order valence-corrected chi connectivity index (χ3v) is 4.48. The Hall–Kier alpha value is -2.51. The van der Waals surface area contributed by atoms with Crippen LogP contribution in [0.4, 0.5) is 0 Å². The van der Waals surface area contributed by atoms with Crippen molar-refractivity contribution in [2.45, 2.75) is 26.7 Å². The minimum Gasteiger partial charge on any atom is -0.470 e. The van der Waals surface area contributed by atoms with Gasteiger partial charge in [0.15, 0.2) is 6.73 Å². The van der Waals surface area contributed by atoms with E-state index in [0.717, 1.165) is 12.2 Å². The van der Waals surface area contributed by atoms with Gasteiger partial charge in [-0.05, 0) is 31.2 Å². The van der Waals surface area contributed by atoms with Crippen LogP contribution in [0.3, 0.4) is 0 Å². The van der Waals surface area contributed by atoms with Crippen LogP contribution < -0.4 is 10.1 Å². The number of hydrogen-bond acceptors (Lipinski definition) is 4. The van der Waals surface area contributed by atoms with Gasteiger partial charge in [0, 0.05) is 18.9 Å². The second kappa shape index (κ2) is 8.25. The number of aromatic nitrogens is 4. The number of nitrogens with zero attached hydrogens (tertiary/aromatic N) is 4. The lowest BCUT2D eigenvalue weighted by Gasteiger charge is -2.08. The predicted molar refractivity (Wildman–Crippen MR) is 98.4 cm³/mol. The van der Waals surface area contributed by atoms with Crippen molar-refractivity contribution >= 4 is 29.1 Å². The molecule has 0 saturated carbocycles. The average molecular weight is 394 g/mol. The van der Waals surface area contributed by atoms with Crippen LogP contribution >= 0.6 is 23.2 Å². The Balaban J connectivity index is 1.57. The van der Waals surface area contributed by atoms with E-state index in [1.807, 2.05) is 17.7 Å². The number of rotatable bonds is 7. The lowest BCUT2D eigenvalue weighted by molar-refractivity contribution is 0.0943. The number of aryl methyl sites for hydroxylation is 1. The lowest BCUT2D eigenvalue weighted by atomic mass is 10.3. The van der Waals surface area contributed by atoms with E-state index in [1.54, 1.807) is 36.7 Å². The summed E-state index contributed by atoms with van der Waals surface area (Å²) >= 11 is 12.0. The molecule has 0 aliphatic heterocycles. The zero-order valence-corrected chi connectivity index (χ0v) is 15.5. The summed E-state index contributed by atoms with van der Waals surface area (Å²) in [5.74, 6) is 0.182. The van der Waals surface area contributed by atoms with E-state index in [0.29, 0.717) is 28.0 Å². The number of hydrogen-bond donors (Lipinski definition) is 1. The van der Waals surface area contributed by atoms with Gasteiger partial charge in [0.2, 0.25) is 0 Å². The van der Waals surface area contributed by atoms with E-state index < -0.39 is 0 Å². The van der Waals surface area contributed by atoms with Gasteiger partial charge in [-0.3, -0.25) is 9.48 Å². The molecule has 0 atom stereocenters. The molecule has 0 fully saturated rings. The van der Waals surface area contributed by atoms with E-state index in [2.05, 4.69) is 15.5 Å². The van der Waals surface area contributed by atoms with Crippen LogP contribution in [0.2, 0.25) is 10.0 Å². The van der Waals surface area contributed by atoms with Crippen molar-refractivity contribution in [2.24, 2.45) is 0 Å². The van der Waals surface area contributed by atoms with E-state index in [9.17, 15) is 4.79 Å². The number of benzene rings is 1. The smallest absolute Gasteiger partial charge is 0.272 e. The molecule has 1 aromatic carbocycles. The quantitative estimate of drug-likeness (QED) is 0.667. The lowest BCUT2D eigenvalue weighted by Crippen LogP contribution is -2.25. The van der Waals surface area contributed by atoms with Crippen LogP contribution in [0.1, 0.15) is 23.1 Å². The van der Waals surface area contributed by atoms with E-state index in [4.69, 9.17) is 27.9 Å². The van der Waals surface area contributed by atoms with Crippen molar-refractivity contribution in [1.29, 1.82) is 0 Å². The van der Waals surface area contributed by atoms with Crippen molar-refractivity contribution in [1.82, 2.24) is 24.9 Å². The summed E-state index contributed by atoms with van der Waals surface area (Å²) in [5.41, 5.74) is 1.23. The maximum atomic E-state index is 12.2. The fourth-order valence-electron chi connectivity index (χ4n) is 2.34. The molecule has 2 heterocycles. The van der Waals surface area contributed by atoms with Crippen LogP contribution in [-0.2, 0) is 19.8 Å². The standard InChI is InChI=1S/C17H17Cl2N5O2/c1-2-24-12(6-8-21-24)10-20-17(25)14-7-9-23(22-14)11-26-15-5-3-4-13(18)16(15)19/h3-9H,2,10-11H2,1H3,(H,20,25). The first-order valence-electron chi connectivity index (χ1n) is 7.97. The number of halogens is 2. The van der Waals surface area contributed by atoms with Gasteiger partial charge in [-0.1, -0.05) is 29.3 Å². The van der Waals surface area contributed by atoms with Gasteiger partial charge in [-0.15, -0.1) is 0 Å². The number of nitrogens with one attached hydrogen (secondary N) is 1. The molecule has 0 bridgehead atoms. The molecule has 0 radical (unpaired) electrons. The highest BCUT2D eigenvalue weighted by molar-refractivity contribution is 6.42. The first kappa shape index (κ1) is 18.3. The monoisotopic (exact) mass is 393 g/mol. The van der Waals surface area contributed by atoms with Gasteiger partial charge in [-0.2, -0.15) is 10.2 Å². The molecule has 0 spiro atoms. The normalized spacial score (nSPS) is 10.7. The highest BCUT2D eigenvalue weighted by Gasteiger charge is 2.11. The maximum absolute atomic E-state index is 12.2. The summed E-state index contributed by atoms with van der Waals surface area (Å²) < 4.78 is 8.91. The summed E-state index contributed by atoms with van der Waals surface area (Å²) in [7, 11) is 0. The molecule has 7 nitrogen and oxygen atoms in total. The highest BCUT2D eigenvalue weighted by atomic mass is 35.5. The molecule has 0 unspecified atom stereocenters. The van der Waals surface area contributed by atoms with Crippen molar-refractivity contribution in [2.75, 3.05) is 0 Å². The molecule has 136 valence electrons. The van der Waals surface area contributed by atoms with Gasteiger partial charge in [0.25, 0.3) is 5.91 Å². The van der Waals surface area contributed by atoms with Crippen molar-refractivity contribution in [3.8, 4) is 5.75 Å². The van der Waals surface area contributed by atoms with Crippen molar-refractivity contribution in [3.63, 3.8) is 0 Å². The molecule has 3 aromatic rings. The van der Waals surface area contributed by atoms with E-state index in [1.165, 1.54) is 4.68 Å². The predicted octanol–water partition coefficient (Wildman–Crippen LogP) is 3.37. The van der Waals surface area contributed by atoms with Crippen molar-refractivity contribution in [3.05, 3.63) is 64.2 Å². The number of carbonyl (C=O) groups excluding carboxylic acids is 1. The second-order valence-electron chi connectivity index (χ2n) is 5.39. The molecule has 1 amide bonds. The van der Waals surface area contributed by atoms with Crippen LogP contribution in [0.15, 0.2) is 42.7 Å². The Morgan fingerprint density at radius 1 is 1.27 bits per heavy atom. The second-order valence-corrected chi connectivity index (χ2v) is 6.17. The maximum Gasteiger partial charge on any atom is 0.272 e. The minimum absolute atomic E-state index is 0.107. The molecule has 9 heteroatoms. The Morgan fingerprint density at radius 2 is 2.12 bits per heavy atom. The number of amides is 1. The largest absolute Gasteiger partial charge is 0.470 e. The van der Waals surface area contributed by atoms with Gasteiger partial charge in [0.1, 0.15) is 16.5 Å². The first-order valence-corrected chi connectivity index (χ1v) is 8.73. The highest BCUT2D eigenvalue weighted by Crippen LogP contribution is 2.31. The molecule has 0 saturated heterocycles. The van der Waals surface area contributed by atoms with Crippen LogP contribution in [0.5, 0.6) is 5.75 Å². The summed E-state index contributed by atoms with van der Waals surface area (Å²) in [4.78, 5) is 12.2. The van der Waals surface area contributed by atoms with Crippen LogP contribution in [0, 0.1) is 0 Å². The molecule has 0 aliphatic rings.